The summed E-state index contributed by atoms with van der Waals surface area (Å²) in [6.07, 6.45) is 3.51. The normalized spacial score (nSPS) is 20.4. The van der Waals surface area contributed by atoms with E-state index in [1.165, 1.54) is 0 Å². The van der Waals surface area contributed by atoms with Crippen molar-refractivity contribution in [3.8, 4) is 0 Å². The van der Waals surface area contributed by atoms with E-state index < -0.39 is 0 Å². The number of nitrogens with zero attached hydrogens (tertiary/aromatic N) is 2. The lowest BCUT2D eigenvalue weighted by Gasteiger charge is -2.35. The molecule has 1 saturated heterocycles. The third kappa shape index (κ3) is 3.64. The van der Waals surface area contributed by atoms with Crippen molar-refractivity contribution in [2.24, 2.45) is 0 Å². The Hall–Kier alpha value is -2.08. The molecular formula is C17H24N4O2. The predicted octanol–water partition coefficient (Wildman–Crippen LogP) is 3.14. The number of amides is 2. The van der Waals surface area contributed by atoms with E-state index in [2.05, 4.69) is 29.6 Å². The summed E-state index contributed by atoms with van der Waals surface area (Å²) in [5.41, 5.74) is 1.62. The fraction of sp³-hybridized carbons (Fsp3) is 0.529. The Morgan fingerprint density at radius 1 is 1.48 bits per heavy atom. The topological polar surface area (TPSA) is 68.2 Å². The minimum Gasteiger partial charge on any atom is -0.375 e. The number of aromatic nitrogens is 2. The van der Waals surface area contributed by atoms with Gasteiger partial charge in [-0.1, -0.05) is 0 Å². The van der Waals surface area contributed by atoms with Crippen LogP contribution in [0.3, 0.4) is 0 Å². The maximum atomic E-state index is 12.2. The molecule has 1 unspecified atom stereocenters. The van der Waals surface area contributed by atoms with Gasteiger partial charge in [0, 0.05) is 30.3 Å². The number of hydrogen-bond donors (Lipinski definition) is 2. The van der Waals surface area contributed by atoms with Gasteiger partial charge in [0.05, 0.1) is 17.3 Å². The van der Waals surface area contributed by atoms with Crippen LogP contribution >= 0.6 is 0 Å². The molecule has 2 aromatic rings. The van der Waals surface area contributed by atoms with Crippen molar-refractivity contribution in [2.75, 3.05) is 11.9 Å². The van der Waals surface area contributed by atoms with Gasteiger partial charge < -0.3 is 15.4 Å². The van der Waals surface area contributed by atoms with E-state index in [0.29, 0.717) is 6.61 Å². The number of ether oxygens (including phenoxy) is 1. The second-order valence-corrected chi connectivity index (χ2v) is 6.63. The van der Waals surface area contributed by atoms with Crippen LogP contribution in [0.2, 0.25) is 0 Å². The lowest BCUT2D eigenvalue weighted by molar-refractivity contribution is -0.0609. The number of benzene rings is 1. The molecule has 6 heteroatoms. The van der Waals surface area contributed by atoms with Crippen LogP contribution in [0.15, 0.2) is 24.4 Å². The highest BCUT2D eigenvalue weighted by molar-refractivity contribution is 5.92. The fourth-order valence-electron chi connectivity index (χ4n) is 3.11. The van der Waals surface area contributed by atoms with Gasteiger partial charge in [-0.15, -0.1) is 0 Å². The van der Waals surface area contributed by atoms with E-state index in [9.17, 15) is 4.79 Å². The monoisotopic (exact) mass is 316 g/mol. The van der Waals surface area contributed by atoms with Gasteiger partial charge in [0.1, 0.15) is 0 Å². The third-order valence-corrected chi connectivity index (χ3v) is 4.23. The van der Waals surface area contributed by atoms with Crippen molar-refractivity contribution in [1.82, 2.24) is 15.1 Å². The van der Waals surface area contributed by atoms with Crippen LogP contribution in [0.1, 0.15) is 33.6 Å². The Bertz CT molecular complexity index is 708. The Morgan fingerprint density at radius 2 is 2.30 bits per heavy atom. The molecule has 1 aliphatic rings. The highest BCUT2D eigenvalue weighted by Gasteiger charge is 2.29. The first-order chi connectivity index (χ1) is 11.0. The molecular weight excluding hydrogens is 292 g/mol. The number of urea groups is 1. The maximum Gasteiger partial charge on any atom is 0.319 e. The van der Waals surface area contributed by atoms with Gasteiger partial charge in [-0.25, -0.2) is 4.79 Å². The molecule has 1 aliphatic heterocycles. The maximum absolute atomic E-state index is 12.2. The average Bonchev–Trinajstić information content (AvgIpc) is 2.88. The minimum absolute atomic E-state index is 0.142. The average molecular weight is 316 g/mol. The zero-order valence-corrected chi connectivity index (χ0v) is 13.9. The van der Waals surface area contributed by atoms with Gasteiger partial charge in [0.2, 0.25) is 0 Å². The van der Waals surface area contributed by atoms with E-state index in [0.717, 1.165) is 36.0 Å². The number of carbonyl (C=O) groups excluding carboxylic acids is 1. The van der Waals surface area contributed by atoms with Crippen LogP contribution in [0.5, 0.6) is 0 Å². The Labute approximate surface area is 136 Å². The van der Waals surface area contributed by atoms with E-state index in [4.69, 9.17) is 4.74 Å². The molecule has 124 valence electrons. The van der Waals surface area contributed by atoms with Crippen molar-refractivity contribution in [3.05, 3.63) is 24.4 Å². The zero-order chi connectivity index (χ0) is 16.4. The molecule has 1 aromatic heterocycles. The van der Waals surface area contributed by atoms with Crippen LogP contribution in [0.4, 0.5) is 10.5 Å². The largest absolute Gasteiger partial charge is 0.375 e. The summed E-state index contributed by atoms with van der Waals surface area (Å²) in [4.78, 5) is 12.2. The second-order valence-electron chi connectivity index (χ2n) is 6.63. The number of nitrogens with one attached hydrogen (secondary N) is 2. The molecule has 3 rings (SSSR count). The quantitative estimate of drug-likeness (QED) is 0.914. The van der Waals surface area contributed by atoms with Crippen LogP contribution < -0.4 is 10.6 Å². The lowest BCUT2D eigenvalue weighted by Crippen LogP contribution is -2.47. The van der Waals surface area contributed by atoms with Crippen LogP contribution in [0.25, 0.3) is 10.9 Å². The fourth-order valence-corrected chi connectivity index (χ4v) is 3.11. The first-order valence-electron chi connectivity index (χ1n) is 8.14. The number of rotatable bonds is 3. The third-order valence-electron chi connectivity index (χ3n) is 4.23. The van der Waals surface area contributed by atoms with Crippen LogP contribution in [-0.4, -0.2) is 34.1 Å². The van der Waals surface area contributed by atoms with Crippen molar-refractivity contribution >= 4 is 22.6 Å². The van der Waals surface area contributed by atoms with Gasteiger partial charge in [-0.2, -0.15) is 5.10 Å². The summed E-state index contributed by atoms with van der Waals surface area (Å²) < 4.78 is 7.59. The van der Waals surface area contributed by atoms with E-state index in [1.54, 1.807) is 0 Å². The summed E-state index contributed by atoms with van der Waals surface area (Å²) in [6, 6.07) is 5.80. The van der Waals surface area contributed by atoms with Gasteiger partial charge in [0.25, 0.3) is 0 Å². The molecule has 0 bridgehead atoms. The first-order valence-corrected chi connectivity index (χ1v) is 8.14. The predicted molar refractivity (Wildman–Crippen MR) is 90.6 cm³/mol. The number of anilines is 1. The summed E-state index contributed by atoms with van der Waals surface area (Å²) in [5.74, 6) is 0. The molecule has 23 heavy (non-hydrogen) atoms. The van der Waals surface area contributed by atoms with Crippen molar-refractivity contribution in [3.63, 3.8) is 0 Å². The van der Waals surface area contributed by atoms with Crippen LogP contribution in [-0.2, 0) is 11.3 Å². The van der Waals surface area contributed by atoms with E-state index in [-0.39, 0.29) is 17.7 Å². The molecule has 2 N–H and O–H groups in total. The zero-order valence-electron chi connectivity index (χ0n) is 13.9. The SMILES string of the molecule is CCn1ncc2ccc(NC(=O)NC3CCOC(C)(C)C3)cc21. The number of fused-ring (bicyclic) bond motifs is 1. The minimum atomic E-state index is -0.178. The molecule has 0 radical (unpaired) electrons. The van der Waals surface area contributed by atoms with Gasteiger partial charge in [-0.05, 0) is 51.8 Å². The Balaban J connectivity index is 1.65. The van der Waals surface area contributed by atoms with Crippen molar-refractivity contribution < 1.29 is 9.53 Å². The summed E-state index contributed by atoms with van der Waals surface area (Å²) in [6.45, 7) is 7.64. The molecule has 0 aliphatic carbocycles. The van der Waals surface area contributed by atoms with E-state index >= 15 is 0 Å². The van der Waals surface area contributed by atoms with Gasteiger partial charge >= 0.3 is 6.03 Å². The molecule has 1 aromatic carbocycles. The standard InChI is InChI=1S/C17H24N4O2/c1-4-21-15-9-13(6-5-12(15)11-18-21)19-16(22)20-14-7-8-23-17(2,3)10-14/h5-6,9,11,14H,4,7-8,10H2,1-3H3,(H2,19,20,22). The molecule has 6 nitrogen and oxygen atoms in total. The Morgan fingerprint density at radius 3 is 3.04 bits per heavy atom. The molecule has 1 atom stereocenters. The molecule has 2 heterocycles. The summed E-state index contributed by atoms with van der Waals surface area (Å²) >= 11 is 0. The van der Waals surface area contributed by atoms with Gasteiger partial charge in [-0.3, -0.25) is 4.68 Å². The first kappa shape index (κ1) is 15.8. The molecule has 1 fully saturated rings. The molecule has 0 spiro atoms. The van der Waals surface area contributed by atoms with Gasteiger partial charge in [0.15, 0.2) is 0 Å². The summed E-state index contributed by atoms with van der Waals surface area (Å²) in [7, 11) is 0. The number of carbonyl (C=O) groups is 1. The summed E-state index contributed by atoms with van der Waals surface area (Å²) in [5, 5.41) is 11.4. The van der Waals surface area contributed by atoms with E-state index in [1.807, 2.05) is 36.0 Å². The number of hydrogen-bond acceptors (Lipinski definition) is 3. The molecule has 0 saturated carbocycles. The highest BCUT2D eigenvalue weighted by atomic mass is 16.5. The second kappa shape index (κ2) is 6.20. The highest BCUT2D eigenvalue weighted by Crippen LogP contribution is 2.24. The van der Waals surface area contributed by atoms with Crippen molar-refractivity contribution in [2.45, 2.75) is 51.8 Å². The number of aryl methyl sites for hydroxylation is 1. The molecule has 2 amide bonds. The smallest absolute Gasteiger partial charge is 0.319 e. The Kier molecular flexibility index (Phi) is 4.26. The van der Waals surface area contributed by atoms with Crippen molar-refractivity contribution in [1.29, 1.82) is 0 Å². The lowest BCUT2D eigenvalue weighted by atomic mass is 9.94. The van der Waals surface area contributed by atoms with Crippen LogP contribution in [0, 0.1) is 0 Å².